The summed E-state index contributed by atoms with van der Waals surface area (Å²) < 4.78 is 1.81. The van der Waals surface area contributed by atoms with Crippen LogP contribution in [0.5, 0.6) is 0 Å². The summed E-state index contributed by atoms with van der Waals surface area (Å²) in [6, 6.07) is 0. The van der Waals surface area contributed by atoms with Crippen molar-refractivity contribution in [3.8, 4) is 0 Å². The molecule has 0 saturated heterocycles. The standard InChI is InChI=1S/C13H20N6O/c1-5-6-11-15-12(17-16-11)13(20)14-7-10-8(2)18-19(4)9(10)3/h5-7H2,1-4H3,(H,14,20)(H,15,16,17). The van der Waals surface area contributed by atoms with Gasteiger partial charge in [0.05, 0.1) is 5.69 Å². The number of hydrogen-bond donors (Lipinski definition) is 2. The number of nitrogens with zero attached hydrogens (tertiary/aromatic N) is 4. The third kappa shape index (κ3) is 2.87. The van der Waals surface area contributed by atoms with E-state index >= 15 is 0 Å². The van der Waals surface area contributed by atoms with Crippen LogP contribution in [-0.4, -0.2) is 30.9 Å². The van der Waals surface area contributed by atoms with Gasteiger partial charge in [0.25, 0.3) is 5.91 Å². The first-order valence-electron chi connectivity index (χ1n) is 6.71. The van der Waals surface area contributed by atoms with E-state index in [9.17, 15) is 4.79 Å². The molecule has 0 spiro atoms. The number of nitrogens with one attached hydrogen (secondary N) is 2. The predicted octanol–water partition coefficient (Wildman–Crippen LogP) is 1.04. The highest BCUT2D eigenvalue weighted by atomic mass is 16.2. The van der Waals surface area contributed by atoms with Gasteiger partial charge in [-0.05, 0) is 20.3 Å². The van der Waals surface area contributed by atoms with Gasteiger partial charge in [-0.2, -0.15) is 5.10 Å². The number of rotatable bonds is 5. The normalized spacial score (nSPS) is 10.8. The van der Waals surface area contributed by atoms with Gasteiger partial charge >= 0.3 is 0 Å². The molecule has 2 heterocycles. The Labute approximate surface area is 117 Å². The highest BCUT2D eigenvalue weighted by Gasteiger charge is 2.14. The Morgan fingerprint density at radius 1 is 1.40 bits per heavy atom. The first-order chi connectivity index (χ1) is 9.52. The first kappa shape index (κ1) is 14.2. The summed E-state index contributed by atoms with van der Waals surface area (Å²) in [5, 5.41) is 13.8. The molecule has 7 heteroatoms. The van der Waals surface area contributed by atoms with Crippen molar-refractivity contribution in [2.45, 2.75) is 40.2 Å². The van der Waals surface area contributed by atoms with E-state index in [-0.39, 0.29) is 11.7 Å². The lowest BCUT2D eigenvalue weighted by atomic mass is 10.2. The SMILES string of the molecule is CCCc1nc(C(=O)NCc2c(C)nn(C)c2C)n[nH]1. The molecule has 2 N–H and O–H groups in total. The van der Waals surface area contributed by atoms with E-state index < -0.39 is 0 Å². The molecule has 1 amide bonds. The van der Waals surface area contributed by atoms with Crippen LogP contribution in [0.2, 0.25) is 0 Å². The largest absolute Gasteiger partial charge is 0.345 e. The Hall–Kier alpha value is -2.18. The van der Waals surface area contributed by atoms with Crippen molar-refractivity contribution in [1.82, 2.24) is 30.3 Å². The highest BCUT2D eigenvalue weighted by molar-refractivity contribution is 5.90. The topological polar surface area (TPSA) is 88.5 Å². The average Bonchev–Trinajstić information content (AvgIpc) is 2.95. The molecule has 2 aromatic heterocycles. The van der Waals surface area contributed by atoms with Gasteiger partial charge in [-0.25, -0.2) is 4.98 Å². The van der Waals surface area contributed by atoms with Gasteiger partial charge in [0.2, 0.25) is 5.82 Å². The zero-order valence-corrected chi connectivity index (χ0v) is 12.3. The fourth-order valence-electron chi connectivity index (χ4n) is 2.07. The second-order valence-electron chi connectivity index (χ2n) is 4.81. The fraction of sp³-hybridized carbons (Fsp3) is 0.538. The summed E-state index contributed by atoms with van der Waals surface area (Å²) in [5.74, 6) is 0.658. The van der Waals surface area contributed by atoms with E-state index in [1.165, 1.54) is 0 Å². The third-order valence-electron chi connectivity index (χ3n) is 3.31. The number of hydrogen-bond acceptors (Lipinski definition) is 4. The minimum atomic E-state index is -0.272. The van der Waals surface area contributed by atoms with Gasteiger partial charge in [-0.3, -0.25) is 14.6 Å². The third-order valence-corrected chi connectivity index (χ3v) is 3.31. The van der Waals surface area contributed by atoms with Gasteiger partial charge in [0, 0.05) is 31.3 Å². The number of H-pyrrole nitrogens is 1. The van der Waals surface area contributed by atoms with Crippen molar-refractivity contribution in [1.29, 1.82) is 0 Å². The maximum atomic E-state index is 12.0. The maximum Gasteiger partial charge on any atom is 0.291 e. The van der Waals surface area contributed by atoms with Crippen molar-refractivity contribution in [2.24, 2.45) is 7.05 Å². The van der Waals surface area contributed by atoms with Crippen LogP contribution in [0.1, 0.15) is 46.7 Å². The van der Waals surface area contributed by atoms with Crippen molar-refractivity contribution in [2.75, 3.05) is 0 Å². The Morgan fingerprint density at radius 2 is 2.15 bits per heavy atom. The van der Waals surface area contributed by atoms with Crippen LogP contribution in [-0.2, 0) is 20.0 Å². The van der Waals surface area contributed by atoms with Crippen molar-refractivity contribution in [3.63, 3.8) is 0 Å². The monoisotopic (exact) mass is 276 g/mol. The molecule has 0 radical (unpaired) electrons. The van der Waals surface area contributed by atoms with Gasteiger partial charge in [0.1, 0.15) is 5.82 Å². The molecule has 7 nitrogen and oxygen atoms in total. The zero-order chi connectivity index (χ0) is 14.7. The molecule has 0 aromatic carbocycles. The molecule has 0 fully saturated rings. The summed E-state index contributed by atoms with van der Waals surface area (Å²) in [5.41, 5.74) is 3.00. The minimum Gasteiger partial charge on any atom is -0.345 e. The quantitative estimate of drug-likeness (QED) is 0.854. The van der Waals surface area contributed by atoms with Crippen LogP contribution in [0.4, 0.5) is 0 Å². The highest BCUT2D eigenvalue weighted by Crippen LogP contribution is 2.11. The molecule has 0 aliphatic rings. The van der Waals surface area contributed by atoms with Crippen LogP contribution in [0.15, 0.2) is 0 Å². The lowest BCUT2D eigenvalue weighted by Gasteiger charge is -2.03. The number of aryl methyl sites for hydroxylation is 3. The first-order valence-corrected chi connectivity index (χ1v) is 6.71. The molecule has 0 bridgehead atoms. The second kappa shape index (κ2) is 5.85. The summed E-state index contributed by atoms with van der Waals surface area (Å²) in [6.07, 6.45) is 1.76. The average molecular weight is 276 g/mol. The Morgan fingerprint density at radius 3 is 2.75 bits per heavy atom. The van der Waals surface area contributed by atoms with E-state index in [0.717, 1.165) is 35.6 Å². The van der Waals surface area contributed by atoms with E-state index in [2.05, 4.69) is 32.5 Å². The van der Waals surface area contributed by atoms with E-state index in [4.69, 9.17) is 0 Å². The predicted molar refractivity (Wildman–Crippen MR) is 74.2 cm³/mol. The molecule has 2 rings (SSSR count). The van der Waals surface area contributed by atoms with Crippen LogP contribution < -0.4 is 5.32 Å². The summed E-state index contributed by atoms with van der Waals surface area (Å²) in [6.45, 7) is 6.40. The van der Waals surface area contributed by atoms with Gasteiger partial charge in [-0.15, -0.1) is 5.10 Å². The smallest absolute Gasteiger partial charge is 0.291 e. The Balaban J connectivity index is 2.01. The maximum absolute atomic E-state index is 12.0. The molecule has 0 unspecified atom stereocenters. The van der Waals surface area contributed by atoms with Crippen LogP contribution in [0.25, 0.3) is 0 Å². The lowest BCUT2D eigenvalue weighted by molar-refractivity contribution is 0.0940. The number of amides is 1. The summed E-state index contributed by atoms with van der Waals surface area (Å²) in [7, 11) is 1.89. The second-order valence-corrected chi connectivity index (χ2v) is 4.81. The molecule has 108 valence electrons. The lowest BCUT2D eigenvalue weighted by Crippen LogP contribution is -2.24. The molecule has 0 saturated carbocycles. The van der Waals surface area contributed by atoms with Crippen molar-refractivity contribution < 1.29 is 4.79 Å². The summed E-state index contributed by atoms with van der Waals surface area (Å²) in [4.78, 5) is 16.1. The van der Waals surface area contributed by atoms with Gasteiger partial charge < -0.3 is 5.32 Å². The molecule has 2 aromatic rings. The van der Waals surface area contributed by atoms with Crippen LogP contribution in [0, 0.1) is 13.8 Å². The van der Waals surface area contributed by atoms with Crippen LogP contribution in [0.3, 0.4) is 0 Å². The number of aromatic nitrogens is 5. The molecular weight excluding hydrogens is 256 g/mol. The van der Waals surface area contributed by atoms with Crippen molar-refractivity contribution >= 4 is 5.91 Å². The molecule has 0 atom stereocenters. The van der Waals surface area contributed by atoms with Crippen LogP contribution >= 0.6 is 0 Å². The molecule has 0 aliphatic carbocycles. The molecule has 20 heavy (non-hydrogen) atoms. The Kier molecular flexibility index (Phi) is 4.16. The van der Waals surface area contributed by atoms with E-state index in [0.29, 0.717) is 6.54 Å². The van der Waals surface area contributed by atoms with Gasteiger partial charge in [0.15, 0.2) is 0 Å². The summed E-state index contributed by atoms with van der Waals surface area (Å²) >= 11 is 0. The zero-order valence-electron chi connectivity index (χ0n) is 12.3. The van der Waals surface area contributed by atoms with Crippen molar-refractivity contribution in [3.05, 3.63) is 28.6 Å². The number of aromatic amines is 1. The van der Waals surface area contributed by atoms with E-state index in [1.54, 1.807) is 0 Å². The molecule has 0 aliphatic heterocycles. The van der Waals surface area contributed by atoms with Gasteiger partial charge in [-0.1, -0.05) is 6.92 Å². The number of carbonyl (C=O) groups is 1. The minimum absolute atomic E-state index is 0.188. The van der Waals surface area contributed by atoms with E-state index in [1.807, 2.05) is 25.6 Å². The Bertz CT molecular complexity index is 612. The number of carbonyl (C=O) groups excluding carboxylic acids is 1. The molecular formula is C13H20N6O. The fourth-order valence-corrected chi connectivity index (χ4v) is 2.07.